The molecule has 2 heterocycles. The summed E-state index contributed by atoms with van der Waals surface area (Å²) < 4.78 is 7.21. The lowest BCUT2D eigenvalue weighted by atomic mass is 10.0. The van der Waals surface area contributed by atoms with Gasteiger partial charge in [0.1, 0.15) is 6.61 Å². The third-order valence-corrected chi connectivity index (χ3v) is 8.03. The molecular weight excluding hydrogens is 494 g/mol. The fraction of sp³-hybridized carbons (Fsp3) is 0.733. The molecule has 3 atom stereocenters. The van der Waals surface area contributed by atoms with E-state index in [0.29, 0.717) is 18.5 Å². The van der Waals surface area contributed by atoms with Crippen molar-refractivity contribution in [2.24, 2.45) is 5.92 Å². The third-order valence-electron chi connectivity index (χ3n) is 8.03. The second kappa shape index (κ2) is 16.4. The molecule has 39 heavy (non-hydrogen) atoms. The number of hydrogen-bond acceptors (Lipinski definition) is 7. The smallest absolute Gasteiger partial charge is 0.305 e. The Balaban J connectivity index is 1.24. The zero-order chi connectivity index (χ0) is 28.0. The maximum absolute atomic E-state index is 12.3. The van der Waals surface area contributed by atoms with E-state index >= 15 is 0 Å². The van der Waals surface area contributed by atoms with E-state index in [-0.39, 0.29) is 36.0 Å². The first-order valence-corrected chi connectivity index (χ1v) is 15.2. The average Bonchev–Trinajstić information content (AvgIpc) is 3.45. The third kappa shape index (κ3) is 9.48. The molecule has 0 bridgehead atoms. The quantitative estimate of drug-likeness (QED) is 0.113. The van der Waals surface area contributed by atoms with Crippen molar-refractivity contribution < 1.29 is 14.6 Å². The zero-order valence-corrected chi connectivity index (χ0v) is 23.8. The van der Waals surface area contributed by atoms with Crippen molar-refractivity contribution >= 4 is 23.1 Å². The summed E-state index contributed by atoms with van der Waals surface area (Å²) in [5.41, 5.74) is 6.54. The molecule has 9 nitrogen and oxygen atoms in total. The number of carbonyl (C=O) groups is 1. The van der Waals surface area contributed by atoms with Gasteiger partial charge < -0.3 is 20.1 Å². The number of hydrogen-bond donors (Lipinski definition) is 3. The Morgan fingerprint density at radius 2 is 1.62 bits per heavy atom. The van der Waals surface area contributed by atoms with Gasteiger partial charge in [-0.2, -0.15) is 4.98 Å². The number of nitrogen functional groups attached to an aromatic ring is 1. The van der Waals surface area contributed by atoms with E-state index in [1.54, 1.807) is 4.57 Å². The van der Waals surface area contributed by atoms with Gasteiger partial charge in [-0.05, 0) is 18.4 Å². The molecular formula is C30H49N5O4. The largest absolute Gasteiger partial charge is 0.465 e. The molecule has 1 aliphatic carbocycles. The predicted octanol–water partition coefficient (Wildman–Crippen LogP) is 5.98. The number of aromatic amines is 1. The first-order chi connectivity index (χ1) is 18.9. The Morgan fingerprint density at radius 3 is 2.21 bits per heavy atom. The summed E-state index contributed by atoms with van der Waals surface area (Å²) in [6.07, 6.45) is 20.8. The number of imidazole rings is 1. The molecule has 9 heteroatoms. The summed E-state index contributed by atoms with van der Waals surface area (Å²) in [5, 5.41) is 10.6. The molecule has 0 aliphatic heterocycles. The molecule has 1 fully saturated rings. The van der Waals surface area contributed by atoms with Gasteiger partial charge >= 0.3 is 5.97 Å². The number of H-pyrrole nitrogens is 1. The molecule has 0 spiro atoms. The molecule has 4 N–H and O–H groups in total. The fourth-order valence-electron chi connectivity index (χ4n) is 5.62. The Kier molecular flexibility index (Phi) is 13.0. The van der Waals surface area contributed by atoms with E-state index in [9.17, 15) is 14.7 Å². The Labute approximate surface area is 232 Å². The maximum Gasteiger partial charge on any atom is 0.305 e. The van der Waals surface area contributed by atoms with Crippen molar-refractivity contribution in [3.63, 3.8) is 0 Å². The van der Waals surface area contributed by atoms with Crippen LogP contribution in [0, 0.1) is 5.92 Å². The van der Waals surface area contributed by atoms with Crippen LogP contribution in [0.25, 0.3) is 11.2 Å². The van der Waals surface area contributed by atoms with Gasteiger partial charge in [0.2, 0.25) is 5.95 Å². The number of nitrogens with one attached hydrogen (secondary N) is 1. The summed E-state index contributed by atoms with van der Waals surface area (Å²) >= 11 is 0. The summed E-state index contributed by atoms with van der Waals surface area (Å²) in [6, 6.07) is -0.307. The lowest BCUT2D eigenvalue weighted by Gasteiger charge is -2.17. The van der Waals surface area contributed by atoms with Crippen molar-refractivity contribution in [1.29, 1.82) is 0 Å². The van der Waals surface area contributed by atoms with Crippen molar-refractivity contribution in [3.8, 4) is 0 Å². The van der Waals surface area contributed by atoms with E-state index in [2.05, 4.69) is 28.5 Å². The number of anilines is 1. The standard InChI is InChI=1S/C30H49N5O4/c1-3-4-5-6-7-8-9-10-11-12-13-14-15-16-17-18-26(37)39-20-23-22(2)24(19-25(23)36)35-21-32-27-28(35)33-30(31)34-29(27)38/h21,23-25,36H,2-20H2,1H3,(H3,31,33,34,38)/t23-,24-,25-/m0/s1. The molecule has 0 saturated heterocycles. The summed E-state index contributed by atoms with van der Waals surface area (Å²) in [4.78, 5) is 35.2. The fourth-order valence-corrected chi connectivity index (χ4v) is 5.62. The first-order valence-electron chi connectivity index (χ1n) is 15.2. The van der Waals surface area contributed by atoms with Crippen molar-refractivity contribution in [2.45, 2.75) is 128 Å². The van der Waals surface area contributed by atoms with Crippen LogP contribution in [-0.4, -0.2) is 43.3 Å². The molecule has 1 saturated carbocycles. The Morgan fingerprint density at radius 1 is 1.05 bits per heavy atom. The number of esters is 1. The SMILES string of the molecule is C=C1[C@H](COC(=O)CCCCCCCCCCCCCCCCC)[C@@H](O)C[C@@H]1n1cnc2c(=O)[nH]c(N)nc21. The molecule has 2 aromatic heterocycles. The minimum absolute atomic E-state index is 0.00249. The minimum atomic E-state index is -0.710. The maximum atomic E-state index is 12.3. The number of rotatable bonds is 19. The van der Waals surface area contributed by atoms with E-state index in [0.717, 1.165) is 24.8 Å². The molecule has 3 rings (SSSR count). The van der Waals surface area contributed by atoms with Gasteiger partial charge in [0.15, 0.2) is 11.2 Å². The number of ether oxygens (including phenoxy) is 1. The van der Waals surface area contributed by atoms with E-state index in [4.69, 9.17) is 10.5 Å². The molecule has 0 aromatic carbocycles. The molecule has 1 aliphatic rings. The van der Waals surface area contributed by atoms with Crippen molar-refractivity contribution in [3.05, 3.63) is 28.8 Å². The van der Waals surface area contributed by atoms with Gasteiger partial charge in [-0.25, -0.2) is 4.98 Å². The number of nitrogens with two attached hydrogens (primary N) is 1. The van der Waals surface area contributed by atoms with Crippen LogP contribution in [0.3, 0.4) is 0 Å². The highest BCUT2D eigenvalue weighted by Crippen LogP contribution is 2.40. The van der Waals surface area contributed by atoms with Crippen LogP contribution in [-0.2, 0) is 9.53 Å². The van der Waals surface area contributed by atoms with Gasteiger partial charge in [-0.15, -0.1) is 0 Å². The number of aliphatic hydroxyl groups is 1. The molecule has 0 amide bonds. The lowest BCUT2D eigenvalue weighted by Crippen LogP contribution is -2.22. The van der Waals surface area contributed by atoms with Crippen LogP contribution in [0.15, 0.2) is 23.3 Å². The highest BCUT2D eigenvalue weighted by molar-refractivity contribution is 5.71. The van der Waals surface area contributed by atoms with Crippen LogP contribution in [0.1, 0.15) is 122 Å². The number of aromatic nitrogens is 4. The summed E-state index contributed by atoms with van der Waals surface area (Å²) in [7, 11) is 0. The second-order valence-electron chi connectivity index (χ2n) is 11.2. The minimum Gasteiger partial charge on any atom is -0.465 e. The van der Waals surface area contributed by atoms with Crippen LogP contribution in [0.5, 0.6) is 0 Å². The van der Waals surface area contributed by atoms with E-state index in [1.807, 2.05) is 0 Å². The second-order valence-corrected chi connectivity index (χ2v) is 11.2. The van der Waals surface area contributed by atoms with Crippen LogP contribution < -0.4 is 11.3 Å². The van der Waals surface area contributed by atoms with Crippen LogP contribution in [0.2, 0.25) is 0 Å². The van der Waals surface area contributed by atoms with Crippen LogP contribution in [0.4, 0.5) is 5.95 Å². The topological polar surface area (TPSA) is 136 Å². The van der Waals surface area contributed by atoms with Crippen LogP contribution >= 0.6 is 0 Å². The van der Waals surface area contributed by atoms with Gasteiger partial charge in [0, 0.05) is 12.3 Å². The molecule has 0 radical (unpaired) electrons. The number of nitrogens with zero attached hydrogens (tertiary/aromatic N) is 3. The number of aliphatic hydroxyl groups excluding tert-OH is 1. The Hall–Kier alpha value is -2.68. The Bertz CT molecular complexity index is 1090. The predicted molar refractivity (Wildman–Crippen MR) is 155 cm³/mol. The highest BCUT2D eigenvalue weighted by Gasteiger charge is 2.39. The normalized spacial score (nSPS) is 19.2. The molecule has 0 unspecified atom stereocenters. The van der Waals surface area contributed by atoms with E-state index in [1.165, 1.54) is 83.4 Å². The molecule has 2 aromatic rings. The van der Waals surface area contributed by atoms with Gasteiger partial charge in [0.25, 0.3) is 5.56 Å². The molecule has 218 valence electrons. The van der Waals surface area contributed by atoms with Gasteiger partial charge in [0.05, 0.1) is 18.5 Å². The zero-order valence-electron chi connectivity index (χ0n) is 23.8. The van der Waals surface area contributed by atoms with E-state index < -0.39 is 11.7 Å². The van der Waals surface area contributed by atoms with Gasteiger partial charge in [-0.1, -0.05) is 103 Å². The highest BCUT2D eigenvalue weighted by atomic mass is 16.5. The first kappa shape index (κ1) is 30.9. The number of fused-ring (bicyclic) bond motifs is 1. The summed E-state index contributed by atoms with van der Waals surface area (Å²) in [6.45, 7) is 6.51. The summed E-state index contributed by atoms with van der Waals surface area (Å²) in [5.74, 6) is -0.610. The van der Waals surface area contributed by atoms with Crippen molar-refractivity contribution in [1.82, 2.24) is 19.5 Å². The lowest BCUT2D eigenvalue weighted by molar-refractivity contribution is -0.145. The number of unbranched alkanes of at least 4 members (excludes halogenated alkanes) is 14. The average molecular weight is 544 g/mol. The van der Waals surface area contributed by atoms with Gasteiger partial charge in [-0.3, -0.25) is 14.6 Å². The monoisotopic (exact) mass is 543 g/mol. The number of carbonyl (C=O) groups excluding carboxylic acids is 1. The van der Waals surface area contributed by atoms with Crippen molar-refractivity contribution in [2.75, 3.05) is 12.3 Å².